The van der Waals surface area contributed by atoms with Crippen LogP contribution in [0.4, 0.5) is 0 Å². The van der Waals surface area contributed by atoms with E-state index in [4.69, 9.17) is 5.73 Å². The fourth-order valence-corrected chi connectivity index (χ4v) is 1.32. The van der Waals surface area contributed by atoms with E-state index in [0.29, 0.717) is 18.8 Å². The number of amides is 2. The summed E-state index contributed by atoms with van der Waals surface area (Å²) in [5, 5.41) is 2.67. The van der Waals surface area contributed by atoms with Crippen LogP contribution in [-0.4, -0.2) is 17.9 Å². The minimum Gasteiger partial charge on any atom is -0.368 e. The van der Waals surface area contributed by atoms with Gasteiger partial charge >= 0.3 is 0 Å². The predicted molar refractivity (Wildman–Crippen MR) is 60.1 cm³/mol. The molecule has 0 saturated carbocycles. The minimum atomic E-state index is -0.504. The molecular formula is C11H22N2O2. The molecule has 1 atom stereocenters. The molecule has 0 saturated heterocycles. The van der Waals surface area contributed by atoms with Crippen molar-refractivity contribution in [3.63, 3.8) is 0 Å². The van der Waals surface area contributed by atoms with Crippen LogP contribution in [0, 0.1) is 5.92 Å². The third-order valence-corrected chi connectivity index (χ3v) is 2.12. The monoisotopic (exact) mass is 214 g/mol. The summed E-state index contributed by atoms with van der Waals surface area (Å²) in [5.41, 5.74) is 5.20. The Morgan fingerprint density at radius 3 is 2.33 bits per heavy atom. The molecule has 4 nitrogen and oxygen atoms in total. The van der Waals surface area contributed by atoms with Gasteiger partial charge in [-0.15, -0.1) is 0 Å². The molecule has 0 aromatic heterocycles. The van der Waals surface area contributed by atoms with Crippen molar-refractivity contribution in [2.24, 2.45) is 11.7 Å². The Hall–Kier alpha value is -1.06. The quantitative estimate of drug-likeness (QED) is 0.668. The van der Waals surface area contributed by atoms with Crippen LogP contribution >= 0.6 is 0 Å². The number of primary amides is 1. The molecule has 2 amide bonds. The summed E-state index contributed by atoms with van der Waals surface area (Å²) in [5.74, 6) is -0.241. The van der Waals surface area contributed by atoms with Crippen LogP contribution in [0.1, 0.15) is 46.5 Å². The molecule has 0 fully saturated rings. The van der Waals surface area contributed by atoms with Crippen LogP contribution in [0.3, 0.4) is 0 Å². The second kappa shape index (κ2) is 7.26. The maximum atomic E-state index is 11.4. The third-order valence-electron chi connectivity index (χ3n) is 2.12. The van der Waals surface area contributed by atoms with Crippen molar-refractivity contribution in [3.8, 4) is 0 Å². The zero-order valence-corrected chi connectivity index (χ0v) is 9.88. The van der Waals surface area contributed by atoms with E-state index in [9.17, 15) is 9.59 Å². The number of hydrogen-bond donors (Lipinski definition) is 2. The lowest BCUT2D eigenvalue weighted by molar-refractivity contribution is -0.128. The summed E-state index contributed by atoms with van der Waals surface area (Å²) in [4.78, 5) is 22.4. The molecule has 0 aliphatic rings. The molecule has 3 N–H and O–H groups in total. The number of unbranched alkanes of at least 4 members (excludes halogenated alkanes) is 1. The van der Waals surface area contributed by atoms with Gasteiger partial charge in [-0.25, -0.2) is 0 Å². The maximum absolute atomic E-state index is 11.4. The molecule has 0 aromatic carbocycles. The van der Waals surface area contributed by atoms with E-state index in [1.807, 2.05) is 20.8 Å². The fraction of sp³-hybridized carbons (Fsp3) is 0.818. The van der Waals surface area contributed by atoms with Crippen molar-refractivity contribution in [1.29, 1.82) is 0 Å². The van der Waals surface area contributed by atoms with Gasteiger partial charge in [0.1, 0.15) is 6.04 Å². The van der Waals surface area contributed by atoms with Gasteiger partial charge in [-0.3, -0.25) is 9.59 Å². The van der Waals surface area contributed by atoms with Crippen LogP contribution < -0.4 is 11.1 Å². The second-order valence-electron chi connectivity index (χ2n) is 4.26. The first-order chi connectivity index (χ1) is 6.97. The summed E-state index contributed by atoms with van der Waals surface area (Å²) in [6, 6.07) is -0.504. The summed E-state index contributed by atoms with van der Waals surface area (Å²) in [6.45, 7) is 5.96. The summed E-state index contributed by atoms with van der Waals surface area (Å²) in [7, 11) is 0. The molecule has 0 aliphatic heterocycles. The van der Waals surface area contributed by atoms with Crippen molar-refractivity contribution in [3.05, 3.63) is 0 Å². The summed E-state index contributed by atoms with van der Waals surface area (Å²) >= 11 is 0. The van der Waals surface area contributed by atoms with Gasteiger partial charge in [0.2, 0.25) is 11.8 Å². The molecule has 88 valence electrons. The predicted octanol–water partition coefficient (Wildman–Crippen LogP) is 1.19. The Labute approximate surface area is 91.6 Å². The van der Waals surface area contributed by atoms with Crippen LogP contribution in [0.5, 0.6) is 0 Å². The molecule has 0 aromatic rings. The van der Waals surface area contributed by atoms with Gasteiger partial charge < -0.3 is 11.1 Å². The molecular weight excluding hydrogens is 192 g/mol. The van der Waals surface area contributed by atoms with Gasteiger partial charge in [0.05, 0.1) is 0 Å². The first-order valence-corrected chi connectivity index (χ1v) is 5.56. The number of nitrogens with one attached hydrogen (secondary N) is 1. The van der Waals surface area contributed by atoms with Crippen molar-refractivity contribution in [1.82, 2.24) is 5.32 Å². The standard InChI is InChI=1S/C11H22N2O2/c1-4-5-6-9(11(12)15)13-10(14)7-8(2)3/h8-9H,4-7H2,1-3H3,(H2,12,15)(H,13,14)/t9-/m1/s1. The average Bonchev–Trinajstić information content (AvgIpc) is 2.10. The van der Waals surface area contributed by atoms with Crippen LogP contribution in [0.2, 0.25) is 0 Å². The number of carbonyl (C=O) groups is 2. The Kier molecular flexibility index (Phi) is 6.75. The van der Waals surface area contributed by atoms with Crippen molar-refractivity contribution in [2.75, 3.05) is 0 Å². The molecule has 0 spiro atoms. The van der Waals surface area contributed by atoms with E-state index in [2.05, 4.69) is 5.32 Å². The fourth-order valence-electron chi connectivity index (χ4n) is 1.32. The molecule has 0 heterocycles. The van der Waals surface area contributed by atoms with Crippen LogP contribution in [0.15, 0.2) is 0 Å². The highest BCUT2D eigenvalue weighted by Gasteiger charge is 2.17. The van der Waals surface area contributed by atoms with Gasteiger partial charge in [-0.2, -0.15) is 0 Å². The zero-order valence-electron chi connectivity index (χ0n) is 9.88. The van der Waals surface area contributed by atoms with Gasteiger partial charge in [-0.05, 0) is 12.3 Å². The van der Waals surface area contributed by atoms with Crippen molar-refractivity contribution >= 4 is 11.8 Å². The zero-order chi connectivity index (χ0) is 11.8. The Balaban J connectivity index is 4.04. The Morgan fingerprint density at radius 1 is 1.33 bits per heavy atom. The summed E-state index contributed by atoms with van der Waals surface area (Å²) < 4.78 is 0. The molecule has 0 unspecified atom stereocenters. The van der Waals surface area contributed by atoms with Crippen LogP contribution in [-0.2, 0) is 9.59 Å². The van der Waals surface area contributed by atoms with E-state index in [0.717, 1.165) is 12.8 Å². The van der Waals surface area contributed by atoms with E-state index < -0.39 is 11.9 Å². The average molecular weight is 214 g/mol. The lowest BCUT2D eigenvalue weighted by Crippen LogP contribution is -2.44. The highest BCUT2D eigenvalue weighted by molar-refractivity contribution is 5.86. The largest absolute Gasteiger partial charge is 0.368 e. The van der Waals surface area contributed by atoms with Gasteiger partial charge in [-0.1, -0.05) is 33.6 Å². The molecule has 15 heavy (non-hydrogen) atoms. The van der Waals surface area contributed by atoms with Crippen molar-refractivity contribution < 1.29 is 9.59 Å². The second-order valence-corrected chi connectivity index (χ2v) is 4.26. The lowest BCUT2D eigenvalue weighted by atomic mass is 10.1. The normalized spacial score (nSPS) is 12.5. The highest BCUT2D eigenvalue weighted by Crippen LogP contribution is 2.03. The first-order valence-electron chi connectivity index (χ1n) is 5.56. The smallest absolute Gasteiger partial charge is 0.239 e. The van der Waals surface area contributed by atoms with Gasteiger partial charge in [0, 0.05) is 6.42 Å². The number of nitrogens with two attached hydrogens (primary N) is 1. The maximum Gasteiger partial charge on any atom is 0.239 e. The molecule has 4 heteroatoms. The minimum absolute atomic E-state index is 0.0927. The first kappa shape index (κ1) is 13.9. The Morgan fingerprint density at radius 2 is 1.93 bits per heavy atom. The van der Waals surface area contributed by atoms with Gasteiger partial charge in [0.25, 0.3) is 0 Å². The molecule has 0 bridgehead atoms. The summed E-state index contributed by atoms with van der Waals surface area (Å²) in [6.07, 6.45) is 2.96. The highest BCUT2D eigenvalue weighted by atomic mass is 16.2. The molecule has 0 rings (SSSR count). The lowest BCUT2D eigenvalue weighted by Gasteiger charge is -2.15. The van der Waals surface area contributed by atoms with E-state index in [-0.39, 0.29) is 5.91 Å². The number of hydrogen-bond acceptors (Lipinski definition) is 2. The third kappa shape index (κ3) is 6.94. The van der Waals surface area contributed by atoms with Crippen molar-refractivity contribution in [2.45, 2.75) is 52.5 Å². The number of carbonyl (C=O) groups excluding carboxylic acids is 2. The SMILES string of the molecule is CCCC[C@@H](NC(=O)CC(C)C)C(N)=O. The van der Waals surface area contributed by atoms with E-state index >= 15 is 0 Å². The van der Waals surface area contributed by atoms with Gasteiger partial charge in [0.15, 0.2) is 0 Å². The topological polar surface area (TPSA) is 72.2 Å². The van der Waals surface area contributed by atoms with E-state index in [1.54, 1.807) is 0 Å². The van der Waals surface area contributed by atoms with Crippen LogP contribution in [0.25, 0.3) is 0 Å². The molecule has 0 aliphatic carbocycles. The Bertz CT molecular complexity index is 215. The number of rotatable bonds is 7. The molecule has 0 radical (unpaired) electrons. The van der Waals surface area contributed by atoms with E-state index in [1.165, 1.54) is 0 Å².